The number of aromatic amines is 1. The van der Waals surface area contributed by atoms with Gasteiger partial charge in [-0.3, -0.25) is 10.1 Å². The van der Waals surface area contributed by atoms with Crippen molar-refractivity contribution in [2.75, 3.05) is 0 Å². The second kappa shape index (κ2) is 4.30. The number of fused-ring (bicyclic) bond motifs is 1. The quantitative estimate of drug-likeness (QED) is 0.661. The van der Waals surface area contributed by atoms with E-state index in [0.29, 0.717) is 6.42 Å². The number of hydrogen-bond acceptors (Lipinski definition) is 3. The second-order valence-electron chi connectivity index (χ2n) is 5.37. The molecule has 20 heavy (non-hydrogen) atoms. The summed E-state index contributed by atoms with van der Waals surface area (Å²) in [6, 6.07) is 7.94. The Morgan fingerprint density at radius 1 is 1.40 bits per heavy atom. The van der Waals surface area contributed by atoms with Gasteiger partial charge in [0.05, 0.1) is 10.7 Å². The van der Waals surface area contributed by atoms with Crippen molar-refractivity contribution in [1.29, 1.82) is 0 Å². The van der Waals surface area contributed by atoms with Gasteiger partial charge in [0.25, 0.3) is 0 Å². The number of nitro groups is 1. The fourth-order valence-corrected chi connectivity index (χ4v) is 2.43. The van der Waals surface area contributed by atoms with Crippen molar-refractivity contribution in [2.45, 2.75) is 25.8 Å². The maximum atomic E-state index is 11.1. The molecule has 0 spiro atoms. The predicted octanol–water partition coefficient (Wildman–Crippen LogP) is 1.39. The van der Waals surface area contributed by atoms with Crippen LogP contribution in [-0.4, -0.2) is 20.4 Å². The number of H-pyrrole nitrogens is 1. The number of hydrogen-bond donors (Lipinski definition) is 1. The highest BCUT2D eigenvalue weighted by atomic mass is 16.6. The topological polar surface area (TPSA) is 71.8 Å². The highest BCUT2D eigenvalue weighted by Gasteiger charge is 2.35. The number of aromatic nitrogens is 2. The number of nitrogens with one attached hydrogen (secondary N) is 1. The zero-order valence-corrected chi connectivity index (χ0v) is 11.4. The first-order valence-corrected chi connectivity index (χ1v) is 6.49. The summed E-state index contributed by atoms with van der Waals surface area (Å²) in [7, 11) is 0. The molecule has 102 valence electrons. The first-order chi connectivity index (χ1) is 9.49. The van der Waals surface area contributed by atoms with Crippen LogP contribution in [0.1, 0.15) is 18.9 Å². The second-order valence-corrected chi connectivity index (χ2v) is 5.37. The van der Waals surface area contributed by atoms with E-state index in [1.54, 1.807) is 13.0 Å². The Labute approximate surface area is 115 Å². The van der Waals surface area contributed by atoms with Crippen molar-refractivity contribution < 1.29 is 4.92 Å². The van der Waals surface area contributed by atoms with Gasteiger partial charge in [-0.2, -0.15) is 0 Å². The van der Waals surface area contributed by atoms with E-state index in [2.05, 4.69) is 9.97 Å². The smallest absolute Gasteiger partial charge is 0.243 e. The molecule has 0 bridgehead atoms. The normalized spacial score (nSPS) is 20.7. The molecule has 1 atom stereocenters. The molecule has 0 radical (unpaired) electrons. The molecule has 2 aromatic rings. The summed E-state index contributed by atoms with van der Waals surface area (Å²) in [4.78, 5) is 18.6. The van der Waals surface area contributed by atoms with E-state index >= 15 is 0 Å². The van der Waals surface area contributed by atoms with Crippen LogP contribution < -0.4 is 10.7 Å². The Balaban J connectivity index is 2.16. The van der Waals surface area contributed by atoms with Gasteiger partial charge < -0.3 is 4.98 Å². The van der Waals surface area contributed by atoms with Crippen LogP contribution >= 0.6 is 0 Å². The summed E-state index contributed by atoms with van der Waals surface area (Å²) >= 11 is 0. The van der Waals surface area contributed by atoms with Crippen LogP contribution in [0, 0.1) is 17.0 Å². The number of rotatable bonds is 2. The van der Waals surface area contributed by atoms with Gasteiger partial charge in [0, 0.05) is 29.9 Å². The fraction of sp³-hybridized carbons (Fsp3) is 0.267. The van der Waals surface area contributed by atoms with E-state index in [1.807, 2.05) is 37.3 Å². The molecule has 1 aliphatic carbocycles. The highest BCUT2D eigenvalue weighted by Crippen LogP contribution is 2.20. The molecule has 1 N–H and O–H groups in total. The van der Waals surface area contributed by atoms with Crippen LogP contribution in [0.5, 0.6) is 0 Å². The number of imidazole rings is 1. The van der Waals surface area contributed by atoms with E-state index in [0.717, 1.165) is 27.6 Å². The van der Waals surface area contributed by atoms with Crippen LogP contribution in [0.25, 0.3) is 23.5 Å². The lowest BCUT2D eigenvalue weighted by molar-refractivity contribution is -0.543. The maximum absolute atomic E-state index is 11.1. The predicted molar refractivity (Wildman–Crippen MR) is 77.0 cm³/mol. The van der Waals surface area contributed by atoms with Crippen molar-refractivity contribution in [2.24, 2.45) is 0 Å². The third-order valence-electron chi connectivity index (χ3n) is 3.74. The van der Waals surface area contributed by atoms with Gasteiger partial charge in [-0.05, 0) is 18.6 Å². The highest BCUT2D eigenvalue weighted by molar-refractivity contribution is 5.60. The van der Waals surface area contributed by atoms with Crippen LogP contribution in [0.4, 0.5) is 0 Å². The molecule has 0 saturated heterocycles. The summed E-state index contributed by atoms with van der Waals surface area (Å²) in [5.74, 6) is 0.758. The van der Waals surface area contributed by atoms with Gasteiger partial charge in [0.1, 0.15) is 5.82 Å². The van der Waals surface area contributed by atoms with E-state index in [1.165, 1.54) is 0 Å². The van der Waals surface area contributed by atoms with E-state index in [-0.39, 0.29) is 4.92 Å². The van der Waals surface area contributed by atoms with Crippen LogP contribution in [-0.2, 0) is 0 Å². The molecule has 1 unspecified atom stereocenters. The van der Waals surface area contributed by atoms with Gasteiger partial charge in [-0.1, -0.05) is 24.3 Å². The van der Waals surface area contributed by atoms with Gasteiger partial charge in [0.2, 0.25) is 5.54 Å². The summed E-state index contributed by atoms with van der Waals surface area (Å²) in [5.41, 5.74) is 1.09. The van der Waals surface area contributed by atoms with Crippen LogP contribution in [0.2, 0.25) is 0 Å². The van der Waals surface area contributed by atoms with E-state index < -0.39 is 5.54 Å². The first-order valence-electron chi connectivity index (χ1n) is 6.49. The zero-order valence-electron chi connectivity index (χ0n) is 11.4. The molecule has 1 aromatic heterocycles. The van der Waals surface area contributed by atoms with Crippen molar-refractivity contribution in [3.63, 3.8) is 0 Å². The molecule has 0 fully saturated rings. The molecule has 5 nitrogen and oxygen atoms in total. The average molecular weight is 269 g/mol. The minimum atomic E-state index is -1.05. The van der Waals surface area contributed by atoms with Gasteiger partial charge in [-0.25, -0.2) is 4.98 Å². The Kier molecular flexibility index (Phi) is 2.71. The Morgan fingerprint density at radius 2 is 2.15 bits per heavy atom. The molecule has 0 amide bonds. The molecule has 0 saturated carbocycles. The van der Waals surface area contributed by atoms with E-state index in [9.17, 15) is 10.1 Å². The maximum Gasteiger partial charge on any atom is 0.243 e. The van der Waals surface area contributed by atoms with Crippen LogP contribution in [0.3, 0.4) is 0 Å². The summed E-state index contributed by atoms with van der Waals surface area (Å²) in [6.45, 7) is 3.64. The van der Waals surface area contributed by atoms with Crippen molar-refractivity contribution in [3.05, 3.63) is 50.6 Å². The lowest BCUT2D eigenvalue weighted by Gasteiger charge is -2.15. The monoisotopic (exact) mass is 269 g/mol. The summed E-state index contributed by atoms with van der Waals surface area (Å²) in [6.07, 6.45) is 3.86. The van der Waals surface area contributed by atoms with Crippen LogP contribution in [0.15, 0.2) is 24.3 Å². The average Bonchev–Trinajstić information content (AvgIpc) is 2.81. The van der Waals surface area contributed by atoms with Crippen molar-refractivity contribution in [3.8, 4) is 11.4 Å². The molecule has 3 rings (SSSR count). The Bertz CT molecular complexity index is 807. The molecule has 1 aliphatic rings. The first kappa shape index (κ1) is 12.6. The van der Waals surface area contributed by atoms with Crippen molar-refractivity contribution >= 4 is 12.2 Å². The fourth-order valence-electron chi connectivity index (χ4n) is 2.43. The third kappa shape index (κ3) is 1.91. The SMILES string of the molecule is Cc1ccccc1-c1nc2c([nH]1)=CC(C)([N+](=O)[O-])CC=2. The van der Waals surface area contributed by atoms with Crippen molar-refractivity contribution in [1.82, 2.24) is 9.97 Å². The minimum absolute atomic E-state index is 0.249. The minimum Gasteiger partial charge on any atom is -0.338 e. The number of aryl methyl sites for hydroxylation is 1. The summed E-state index contributed by atoms with van der Waals surface area (Å²) in [5, 5.41) is 12.7. The summed E-state index contributed by atoms with van der Waals surface area (Å²) < 4.78 is 0. The number of benzene rings is 1. The lowest BCUT2D eigenvalue weighted by Crippen LogP contribution is -2.41. The zero-order chi connectivity index (χ0) is 14.3. The van der Waals surface area contributed by atoms with Gasteiger partial charge in [-0.15, -0.1) is 0 Å². The molecular weight excluding hydrogens is 254 g/mol. The molecule has 5 heteroatoms. The van der Waals surface area contributed by atoms with E-state index in [4.69, 9.17) is 0 Å². The third-order valence-corrected chi connectivity index (χ3v) is 3.74. The number of nitrogens with zero attached hydrogens (tertiary/aromatic N) is 2. The van der Waals surface area contributed by atoms with Gasteiger partial charge in [0.15, 0.2) is 0 Å². The standard InChI is InChI=1S/C15H15N3O2/c1-10-5-3-4-6-11(10)14-16-12-7-8-15(2,18(19)20)9-13(12)17-14/h3-7,9H,8H2,1-2H3,(H,16,17). The molecule has 1 aromatic carbocycles. The molecular formula is C15H15N3O2. The largest absolute Gasteiger partial charge is 0.338 e. The molecule has 1 heterocycles. The van der Waals surface area contributed by atoms with Gasteiger partial charge >= 0.3 is 0 Å². The Hall–Kier alpha value is -2.43. The Morgan fingerprint density at radius 3 is 2.85 bits per heavy atom. The molecule has 0 aliphatic heterocycles. The lowest BCUT2D eigenvalue weighted by atomic mass is 9.95.